The van der Waals surface area contributed by atoms with Crippen molar-refractivity contribution in [2.45, 2.75) is 26.4 Å². The average Bonchev–Trinajstić information content (AvgIpc) is 3.26. The van der Waals surface area contributed by atoms with Gasteiger partial charge < -0.3 is 14.2 Å². The Hall–Kier alpha value is -2.82. The molecule has 3 rings (SSSR count). The van der Waals surface area contributed by atoms with Crippen molar-refractivity contribution in [1.82, 2.24) is 9.80 Å². The molecule has 1 aromatic carbocycles. The van der Waals surface area contributed by atoms with Crippen LogP contribution in [0.5, 0.6) is 0 Å². The molecule has 2 aromatic rings. The second kappa shape index (κ2) is 8.04. The van der Waals surface area contributed by atoms with Crippen LogP contribution in [0.2, 0.25) is 0 Å². The third-order valence-electron chi connectivity index (χ3n) is 4.65. The molecule has 1 aliphatic heterocycles. The summed E-state index contributed by atoms with van der Waals surface area (Å²) in [5.41, 5.74) is 2.27. The molecular weight excluding hydrogens is 328 g/mol. The van der Waals surface area contributed by atoms with Crippen LogP contribution in [0, 0.1) is 12.8 Å². The number of hydrogen-bond donors (Lipinski definition) is 0. The van der Waals surface area contributed by atoms with Gasteiger partial charge in [0.15, 0.2) is 0 Å². The van der Waals surface area contributed by atoms with Crippen LogP contribution >= 0.6 is 0 Å². The van der Waals surface area contributed by atoms with Crippen molar-refractivity contribution in [3.63, 3.8) is 0 Å². The Morgan fingerprint density at radius 3 is 2.77 bits per heavy atom. The molecule has 1 aliphatic rings. The first kappa shape index (κ1) is 18.0. The highest BCUT2D eigenvalue weighted by Gasteiger charge is 2.36. The van der Waals surface area contributed by atoms with Crippen LogP contribution in [0.25, 0.3) is 0 Å². The molecule has 1 saturated heterocycles. The number of nitrogens with zero attached hydrogens (tertiary/aromatic N) is 2. The third-order valence-corrected chi connectivity index (χ3v) is 4.65. The molecule has 0 radical (unpaired) electrons. The smallest absolute Gasteiger partial charge is 0.228 e. The van der Waals surface area contributed by atoms with Gasteiger partial charge in [0.2, 0.25) is 11.8 Å². The number of carbonyl (C=O) groups is 2. The van der Waals surface area contributed by atoms with Crippen molar-refractivity contribution in [3.05, 3.63) is 72.2 Å². The number of likely N-dealkylation sites (tertiary alicyclic amines) is 1. The van der Waals surface area contributed by atoms with E-state index in [0.29, 0.717) is 26.2 Å². The predicted molar refractivity (Wildman–Crippen MR) is 99.0 cm³/mol. The Labute approximate surface area is 153 Å². The van der Waals surface area contributed by atoms with Crippen LogP contribution in [-0.2, 0) is 22.7 Å². The minimum atomic E-state index is -0.317. The van der Waals surface area contributed by atoms with Crippen LogP contribution in [0.15, 0.2) is 59.7 Å². The zero-order chi connectivity index (χ0) is 18.5. The van der Waals surface area contributed by atoms with Crippen molar-refractivity contribution >= 4 is 11.8 Å². The summed E-state index contributed by atoms with van der Waals surface area (Å²) >= 11 is 0. The molecule has 136 valence electrons. The Kier molecular flexibility index (Phi) is 5.56. The van der Waals surface area contributed by atoms with Gasteiger partial charge in [-0.05, 0) is 24.6 Å². The summed E-state index contributed by atoms with van der Waals surface area (Å²) in [6.07, 6.45) is 3.55. The minimum Gasteiger partial charge on any atom is -0.467 e. The van der Waals surface area contributed by atoms with E-state index in [1.165, 1.54) is 5.56 Å². The first-order valence-electron chi connectivity index (χ1n) is 8.82. The van der Waals surface area contributed by atoms with Gasteiger partial charge in [0.25, 0.3) is 0 Å². The summed E-state index contributed by atoms with van der Waals surface area (Å²) < 4.78 is 5.35. The zero-order valence-electron chi connectivity index (χ0n) is 15.1. The topological polar surface area (TPSA) is 53.8 Å². The van der Waals surface area contributed by atoms with Gasteiger partial charge in [0.1, 0.15) is 5.76 Å². The highest BCUT2D eigenvalue weighted by atomic mass is 16.3. The van der Waals surface area contributed by atoms with Gasteiger partial charge in [-0.1, -0.05) is 35.9 Å². The largest absolute Gasteiger partial charge is 0.467 e. The zero-order valence-corrected chi connectivity index (χ0v) is 15.1. The Morgan fingerprint density at radius 2 is 2.12 bits per heavy atom. The molecule has 5 heteroatoms. The maximum absolute atomic E-state index is 12.9. The predicted octanol–water partition coefficient (Wildman–Crippen LogP) is 3.15. The maximum Gasteiger partial charge on any atom is 0.228 e. The highest BCUT2D eigenvalue weighted by molar-refractivity contribution is 5.89. The maximum atomic E-state index is 12.9. The number of aryl methyl sites for hydroxylation is 1. The first-order valence-corrected chi connectivity index (χ1v) is 8.82. The molecule has 26 heavy (non-hydrogen) atoms. The van der Waals surface area contributed by atoms with E-state index in [1.807, 2.05) is 37.3 Å². The molecule has 1 atom stereocenters. The van der Waals surface area contributed by atoms with E-state index in [9.17, 15) is 9.59 Å². The molecule has 0 spiro atoms. The van der Waals surface area contributed by atoms with Gasteiger partial charge >= 0.3 is 0 Å². The van der Waals surface area contributed by atoms with E-state index >= 15 is 0 Å². The van der Waals surface area contributed by atoms with E-state index in [0.717, 1.165) is 11.3 Å². The second-order valence-electron chi connectivity index (χ2n) is 6.75. The monoisotopic (exact) mass is 352 g/mol. The van der Waals surface area contributed by atoms with Gasteiger partial charge in [0.05, 0.1) is 18.7 Å². The molecule has 5 nitrogen and oxygen atoms in total. The molecule has 1 fully saturated rings. The van der Waals surface area contributed by atoms with Crippen molar-refractivity contribution in [2.75, 3.05) is 13.1 Å². The van der Waals surface area contributed by atoms with E-state index in [-0.39, 0.29) is 24.2 Å². The van der Waals surface area contributed by atoms with E-state index in [2.05, 4.69) is 6.58 Å². The molecule has 1 unspecified atom stereocenters. The Bertz CT molecular complexity index is 765. The fourth-order valence-electron chi connectivity index (χ4n) is 3.24. The number of hydrogen-bond acceptors (Lipinski definition) is 3. The van der Waals surface area contributed by atoms with Crippen LogP contribution < -0.4 is 0 Å². The lowest BCUT2D eigenvalue weighted by atomic mass is 10.1. The molecule has 0 N–H and O–H groups in total. The van der Waals surface area contributed by atoms with Crippen LogP contribution in [0.4, 0.5) is 0 Å². The van der Waals surface area contributed by atoms with Crippen molar-refractivity contribution in [2.24, 2.45) is 5.92 Å². The highest BCUT2D eigenvalue weighted by Crippen LogP contribution is 2.23. The average molecular weight is 352 g/mol. The molecule has 0 aliphatic carbocycles. The third kappa shape index (κ3) is 4.23. The van der Waals surface area contributed by atoms with Crippen LogP contribution in [-0.4, -0.2) is 34.7 Å². The van der Waals surface area contributed by atoms with Gasteiger partial charge in [0, 0.05) is 26.1 Å². The summed E-state index contributed by atoms with van der Waals surface area (Å²) in [6, 6.07) is 11.8. The Balaban J connectivity index is 1.64. The SMILES string of the molecule is C=CCN(Cc1ccco1)C(=O)C1CC(=O)N(Cc2ccc(C)cc2)C1. The number of benzene rings is 1. The van der Waals surface area contributed by atoms with Crippen LogP contribution in [0.1, 0.15) is 23.3 Å². The summed E-state index contributed by atoms with van der Waals surface area (Å²) in [5.74, 6) is 0.408. The molecule has 2 amide bonds. The normalized spacial score (nSPS) is 16.7. The summed E-state index contributed by atoms with van der Waals surface area (Å²) in [5, 5.41) is 0. The standard InChI is InChI=1S/C21H24N2O3/c1-3-10-22(15-19-5-4-11-26-19)21(25)18-12-20(24)23(14-18)13-17-8-6-16(2)7-9-17/h3-9,11,18H,1,10,12-15H2,2H3. The van der Waals surface area contributed by atoms with Gasteiger partial charge in [-0.15, -0.1) is 6.58 Å². The first-order chi connectivity index (χ1) is 12.6. The van der Waals surface area contributed by atoms with Crippen molar-refractivity contribution in [1.29, 1.82) is 0 Å². The molecular formula is C21H24N2O3. The molecule has 2 heterocycles. The fraction of sp³-hybridized carbons (Fsp3) is 0.333. The second-order valence-corrected chi connectivity index (χ2v) is 6.75. The van der Waals surface area contributed by atoms with Crippen LogP contribution in [0.3, 0.4) is 0 Å². The number of rotatable bonds is 7. The lowest BCUT2D eigenvalue weighted by Crippen LogP contribution is -2.37. The summed E-state index contributed by atoms with van der Waals surface area (Å²) in [4.78, 5) is 28.7. The lowest BCUT2D eigenvalue weighted by molar-refractivity contribution is -0.136. The van der Waals surface area contributed by atoms with E-state index in [4.69, 9.17) is 4.42 Å². The number of carbonyl (C=O) groups excluding carboxylic acids is 2. The van der Waals surface area contributed by atoms with Crippen molar-refractivity contribution < 1.29 is 14.0 Å². The fourth-order valence-corrected chi connectivity index (χ4v) is 3.24. The van der Waals surface area contributed by atoms with E-state index in [1.54, 1.807) is 28.2 Å². The van der Waals surface area contributed by atoms with Crippen molar-refractivity contribution in [3.8, 4) is 0 Å². The molecule has 1 aromatic heterocycles. The number of amides is 2. The molecule has 0 bridgehead atoms. The van der Waals surface area contributed by atoms with Gasteiger partial charge in [-0.25, -0.2) is 0 Å². The number of furan rings is 1. The minimum absolute atomic E-state index is 0.0268. The van der Waals surface area contributed by atoms with Gasteiger partial charge in [-0.3, -0.25) is 9.59 Å². The summed E-state index contributed by atoms with van der Waals surface area (Å²) in [7, 11) is 0. The quantitative estimate of drug-likeness (QED) is 0.719. The Morgan fingerprint density at radius 1 is 1.35 bits per heavy atom. The lowest BCUT2D eigenvalue weighted by Gasteiger charge is -2.23. The van der Waals surface area contributed by atoms with Gasteiger partial charge in [-0.2, -0.15) is 0 Å². The van der Waals surface area contributed by atoms with E-state index < -0.39 is 0 Å². The molecule has 0 saturated carbocycles. The summed E-state index contributed by atoms with van der Waals surface area (Å²) in [6.45, 7) is 7.59.